The van der Waals surface area contributed by atoms with Gasteiger partial charge in [0.2, 0.25) is 0 Å². The maximum atomic E-state index is 10.6. The van der Waals surface area contributed by atoms with Gasteiger partial charge < -0.3 is 14.6 Å². The minimum absolute atomic E-state index is 0.0727. The highest BCUT2D eigenvalue weighted by Crippen LogP contribution is 2.25. The van der Waals surface area contributed by atoms with Crippen LogP contribution in [-0.2, 0) is 4.74 Å². The van der Waals surface area contributed by atoms with Crippen LogP contribution in [0.2, 0.25) is 0 Å². The van der Waals surface area contributed by atoms with Crippen molar-refractivity contribution in [2.75, 3.05) is 13.4 Å². The molecule has 0 aliphatic rings. The molecule has 4 nitrogen and oxygen atoms in total. The van der Waals surface area contributed by atoms with E-state index in [2.05, 4.69) is 0 Å². The van der Waals surface area contributed by atoms with Crippen LogP contribution < -0.4 is 4.74 Å². The van der Waals surface area contributed by atoms with Crippen LogP contribution >= 0.6 is 0 Å². The van der Waals surface area contributed by atoms with Gasteiger partial charge in [-0.15, -0.1) is 0 Å². The van der Waals surface area contributed by atoms with Crippen LogP contribution in [-0.4, -0.2) is 24.8 Å². The van der Waals surface area contributed by atoms with E-state index >= 15 is 0 Å². The average Bonchev–Trinajstić information content (AvgIpc) is 2.18. The Morgan fingerprint density at radius 1 is 1.47 bits per heavy atom. The Balaban J connectivity index is 2.79. The molecule has 82 valence electrons. The fourth-order valence-electron chi connectivity index (χ4n) is 1.18. The summed E-state index contributed by atoms with van der Waals surface area (Å²) < 4.78 is 10.2. The van der Waals surface area contributed by atoms with Gasteiger partial charge in [0.25, 0.3) is 0 Å². The van der Waals surface area contributed by atoms with Crippen molar-refractivity contribution in [2.45, 2.75) is 13.8 Å². The molecule has 4 heteroatoms. The predicted octanol–water partition coefficient (Wildman–Crippen LogP) is 1.89. The quantitative estimate of drug-likeness (QED) is 0.458. The minimum atomic E-state index is -0.0727. The summed E-state index contributed by atoms with van der Waals surface area (Å²) in [4.78, 5) is 10.6. The van der Waals surface area contributed by atoms with Crippen molar-refractivity contribution in [3.63, 3.8) is 0 Å². The lowest BCUT2D eigenvalue weighted by atomic mass is 10.1. The number of benzene rings is 1. The summed E-state index contributed by atoms with van der Waals surface area (Å²) in [6.07, 6.45) is 0.622. The number of phenolic OH excluding ortho intramolecular Hbond substituents is 1. The zero-order chi connectivity index (χ0) is 11.3. The van der Waals surface area contributed by atoms with E-state index < -0.39 is 0 Å². The van der Waals surface area contributed by atoms with Gasteiger partial charge in [-0.05, 0) is 25.5 Å². The summed E-state index contributed by atoms with van der Waals surface area (Å²) in [5.41, 5.74) is 0.968. The minimum Gasteiger partial charge on any atom is -0.507 e. The number of carbonyl (C=O) groups is 1. The molecule has 1 aromatic carbocycles. The second-order valence-electron chi connectivity index (χ2n) is 3.05. The number of phenols is 1. The zero-order valence-electron chi connectivity index (χ0n) is 8.82. The highest BCUT2D eigenvalue weighted by Gasteiger charge is 2.06. The molecule has 15 heavy (non-hydrogen) atoms. The fourth-order valence-corrected chi connectivity index (χ4v) is 1.18. The molecule has 0 saturated heterocycles. The Labute approximate surface area is 88.4 Å². The Morgan fingerprint density at radius 3 is 2.73 bits per heavy atom. The molecule has 0 fully saturated rings. The van der Waals surface area contributed by atoms with Gasteiger partial charge in [0.15, 0.2) is 13.1 Å². The first-order chi connectivity index (χ1) is 7.19. The third kappa shape index (κ3) is 2.95. The Hall–Kier alpha value is -1.55. The number of hydrogen-bond donors (Lipinski definition) is 1. The van der Waals surface area contributed by atoms with Crippen molar-refractivity contribution in [2.24, 2.45) is 0 Å². The van der Waals surface area contributed by atoms with Crippen LogP contribution in [0.1, 0.15) is 22.8 Å². The Kier molecular flexibility index (Phi) is 4.12. The molecular weight excluding hydrogens is 196 g/mol. The topological polar surface area (TPSA) is 55.8 Å². The Bertz CT molecular complexity index is 323. The molecule has 0 aromatic heterocycles. The normalized spacial score (nSPS) is 10.0. The molecule has 0 amide bonds. The number of aromatic hydroxyl groups is 1. The van der Waals surface area contributed by atoms with E-state index in [9.17, 15) is 9.90 Å². The van der Waals surface area contributed by atoms with Crippen LogP contribution in [0.15, 0.2) is 12.1 Å². The molecule has 0 heterocycles. The summed E-state index contributed by atoms with van der Waals surface area (Å²) in [6.45, 7) is 4.30. The molecule has 0 radical (unpaired) electrons. The molecule has 0 aliphatic carbocycles. The number of ether oxygens (including phenoxy) is 2. The largest absolute Gasteiger partial charge is 0.507 e. The number of carbonyl (C=O) groups excluding carboxylic acids is 1. The molecule has 0 bridgehead atoms. The molecule has 0 saturated carbocycles. The summed E-state index contributed by atoms with van der Waals surface area (Å²) >= 11 is 0. The third-order valence-corrected chi connectivity index (χ3v) is 1.97. The van der Waals surface area contributed by atoms with E-state index in [0.717, 1.165) is 0 Å². The van der Waals surface area contributed by atoms with Crippen LogP contribution in [0, 0.1) is 6.92 Å². The van der Waals surface area contributed by atoms with Gasteiger partial charge in [0.1, 0.15) is 11.5 Å². The standard InChI is InChI=1S/C11H14O4/c1-3-14-7-15-9-4-8(2)10(6-12)11(13)5-9/h4-6,13H,3,7H2,1-2H3. The van der Waals surface area contributed by atoms with Gasteiger partial charge in [0, 0.05) is 12.7 Å². The highest BCUT2D eigenvalue weighted by molar-refractivity contribution is 5.81. The van der Waals surface area contributed by atoms with Crippen molar-refractivity contribution in [3.8, 4) is 11.5 Å². The van der Waals surface area contributed by atoms with Gasteiger partial charge in [-0.3, -0.25) is 4.79 Å². The highest BCUT2D eigenvalue weighted by atomic mass is 16.7. The fraction of sp³-hybridized carbons (Fsp3) is 0.364. The van der Waals surface area contributed by atoms with E-state index in [1.807, 2.05) is 6.92 Å². The van der Waals surface area contributed by atoms with E-state index in [1.54, 1.807) is 13.0 Å². The van der Waals surface area contributed by atoms with E-state index in [0.29, 0.717) is 29.8 Å². The molecule has 0 atom stereocenters. The lowest BCUT2D eigenvalue weighted by Crippen LogP contribution is -2.02. The molecule has 0 spiro atoms. The number of rotatable bonds is 5. The van der Waals surface area contributed by atoms with Crippen molar-refractivity contribution in [1.29, 1.82) is 0 Å². The van der Waals surface area contributed by atoms with E-state index in [-0.39, 0.29) is 12.5 Å². The van der Waals surface area contributed by atoms with Gasteiger partial charge >= 0.3 is 0 Å². The predicted molar refractivity (Wildman–Crippen MR) is 55.4 cm³/mol. The first-order valence-electron chi connectivity index (χ1n) is 4.68. The molecule has 0 unspecified atom stereocenters. The van der Waals surface area contributed by atoms with Crippen molar-refractivity contribution < 1.29 is 19.4 Å². The van der Waals surface area contributed by atoms with Gasteiger partial charge in [-0.1, -0.05) is 0 Å². The molecule has 0 aliphatic heterocycles. The van der Waals surface area contributed by atoms with Crippen LogP contribution in [0.25, 0.3) is 0 Å². The van der Waals surface area contributed by atoms with Crippen LogP contribution in [0.4, 0.5) is 0 Å². The first-order valence-corrected chi connectivity index (χ1v) is 4.68. The van der Waals surface area contributed by atoms with Crippen LogP contribution in [0.5, 0.6) is 11.5 Å². The molecule has 1 rings (SSSR count). The summed E-state index contributed by atoms with van der Waals surface area (Å²) in [6, 6.07) is 3.08. The Morgan fingerprint density at radius 2 is 2.20 bits per heavy atom. The number of aryl methyl sites for hydroxylation is 1. The summed E-state index contributed by atoms with van der Waals surface area (Å²) in [5.74, 6) is 0.417. The average molecular weight is 210 g/mol. The van der Waals surface area contributed by atoms with Gasteiger partial charge in [0.05, 0.1) is 5.56 Å². The lowest BCUT2D eigenvalue weighted by molar-refractivity contribution is 0.0223. The van der Waals surface area contributed by atoms with Crippen molar-refractivity contribution in [1.82, 2.24) is 0 Å². The van der Waals surface area contributed by atoms with Crippen molar-refractivity contribution >= 4 is 6.29 Å². The molecule has 1 aromatic rings. The first kappa shape index (κ1) is 11.5. The maximum Gasteiger partial charge on any atom is 0.189 e. The summed E-state index contributed by atoms with van der Waals surface area (Å²) in [7, 11) is 0. The van der Waals surface area contributed by atoms with E-state index in [1.165, 1.54) is 6.07 Å². The van der Waals surface area contributed by atoms with Gasteiger partial charge in [-0.2, -0.15) is 0 Å². The second-order valence-corrected chi connectivity index (χ2v) is 3.05. The maximum absolute atomic E-state index is 10.6. The SMILES string of the molecule is CCOCOc1cc(C)c(C=O)c(O)c1. The molecule has 1 N–H and O–H groups in total. The zero-order valence-corrected chi connectivity index (χ0v) is 8.82. The summed E-state index contributed by atoms with van der Waals surface area (Å²) in [5, 5.41) is 9.48. The number of aldehydes is 1. The smallest absolute Gasteiger partial charge is 0.189 e. The van der Waals surface area contributed by atoms with Crippen LogP contribution in [0.3, 0.4) is 0 Å². The van der Waals surface area contributed by atoms with E-state index in [4.69, 9.17) is 9.47 Å². The van der Waals surface area contributed by atoms with Crippen molar-refractivity contribution in [3.05, 3.63) is 23.3 Å². The second kappa shape index (κ2) is 5.36. The van der Waals surface area contributed by atoms with Gasteiger partial charge in [-0.25, -0.2) is 0 Å². The lowest BCUT2D eigenvalue weighted by Gasteiger charge is -2.08. The third-order valence-electron chi connectivity index (χ3n) is 1.97. The number of hydrogen-bond acceptors (Lipinski definition) is 4. The molecular formula is C11H14O4. The monoisotopic (exact) mass is 210 g/mol.